The average Bonchev–Trinajstić information content (AvgIpc) is 3.16. The summed E-state index contributed by atoms with van der Waals surface area (Å²) in [7, 11) is 0. The number of benzene rings is 1. The number of halogens is 2. The largest absolute Gasteiger partial charge is 0.272 e. The van der Waals surface area contributed by atoms with E-state index in [1.54, 1.807) is 18.6 Å². The molecular weight excluding hydrogens is 400 g/mol. The van der Waals surface area contributed by atoms with Gasteiger partial charge in [0.25, 0.3) is 0 Å². The van der Waals surface area contributed by atoms with E-state index in [-0.39, 0.29) is 11.3 Å². The van der Waals surface area contributed by atoms with Crippen molar-refractivity contribution in [3.63, 3.8) is 0 Å². The standard InChI is InChI=1S/C23H23F2N5O/c1-15-3-5-27-10-20(15)29(26-2)14-22-11-23(12-22,13-22)21(31)30-19(4-6-28-30)16-7-17(24)9-18(25)8-16/h3,5-10,19H,2,4,11-14H2,1H3. The van der Waals surface area contributed by atoms with Gasteiger partial charge in [-0.1, -0.05) is 0 Å². The molecule has 2 bridgehead atoms. The molecule has 1 amide bonds. The predicted octanol–water partition coefficient (Wildman–Crippen LogP) is 4.22. The molecule has 1 aromatic heterocycles. The molecule has 1 atom stereocenters. The summed E-state index contributed by atoms with van der Waals surface area (Å²) in [4.78, 5) is 17.5. The molecule has 31 heavy (non-hydrogen) atoms. The molecule has 0 saturated heterocycles. The molecule has 0 spiro atoms. The van der Waals surface area contributed by atoms with Crippen LogP contribution >= 0.6 is 0 Å². The zero-order valence-electron chi connectivity index (χ0n) is 17.3. The third-order valence-corrected chi connectivity index (χ3v) is 6.85. The summed E-state index contributed by atoms with van der Waals surface area (Å²) >= 11 is 0. The summed E-state index contributed by atoms with van der Waals surface area (Å²) in [5.41, 5.74) is 1.99. The quantitative estimate of drug-likeness (QED) is 0.516. The molecule has 3 saturated carbocycles. The van der Waals surface area contributed by atoms with Gasteiger partial charge in [0.05, 0.1) is 23.3 Å². The molecule has 1 aromatic carbocycles. The van der Waals surface area contributed by atoms with Crippen LogP contribution in [0.25, 0.3) is 0 Å². The summed E-state index contributed by atoms with van der Waals surface area (Å²) in [6.45, 7) is 6.39. The van der Waals surface area contributed by atoms with Crippen molar-refractivity contribution < 1.29 is 13.6 Å². The topological polar surface area (TPSA) is 61.2 Å². The van der Waals surface area contributed by atoms with Crippen LogP contribution in [0.5, 0.6) is 0 Å². The number of anilines is 1. The van der Waals surface area contributed by atoms with Crippen LogP contribution in [-0.4, -0.2) is 35.4 Å². The fourth-order valence-electron chi connectivity index (χ4n) is 5.54. The lowest BCUT2D eigenvalue weighted by molar-refractivity contribution is -0.214. The lowest BCUT2D eigenvalue weighted by Crippen LogP contribution is -2.70. The molecule has 3 fully saturated rings. The summed E-state index contributed by atoms with van der Waals surface area (Å²) in [5, 5.41) is 11.7. The summed E-state index contributed by atoms with van der Waals surface area (Å²) < 4.78 is 27.4. The van der Waals surface area contributed by atoms with Crippen LogP contribution in [0.2, 0.25) is 0 Å². The number of rotatable bonds is 6. The number of carbonyl (C=O) groups excluding carboxylic acids is 1. The van der Waals surface area contributed by atoms with Crippen molar-refractivity contribution in [1.29, 1.82) is 0 Å². The second kappa shape index (κ2) is 6.93. The van der Waals surface area contributed by atoms with Crippen molar-refractivity contribution in [2.45, 2.75) is 38.6 Å². The van der Waals surface area contributed by atoms with Crippen LogP contribution in [0.3, 0.4) is 0 Å². The van der Waals surface area contributed by atoms with E-state index < -0.39 is 23.1 Å². The Balaban J connectivity index is 1.28. The van der Waals surface area contributed by atoms with Crippen molar-refractivity contribution >= 4 is 24.5 Å². The maximum absolute atomic E-state index is 13.7. The minimum atomic E-state index is -0.651. The number of hydrogen-bond acceptors (Lipinski definition) is 5. The first kappa shape index (κ1) is 19.8. The normalized spacial score (nSPS) is 28.1. The monoisotopic (exact) mass is 423 g/mol. The maximum Gasteiger partial charge on any atom is 0.249 e. The molecule has 0 radical (unpaired) electrons. The number of hydrazone groups is 2. The van der Waals surface area contributed by atoms with E-state index >= 15 is 0 Å². The van der Waals surface area contributed by atoms with Gasteiger partial charge in [0, 0.05) is 38.2 Å². The fourth-order valence-corrected chi connectivity index (χ4v) is 5.54. The highest BCUT2D eigenvalue weighted by Gasteiger charge is 2.72. The Labute approximate surface area is 179 Å². The van der Waals surface area contributed by atoms with Crippen LogP contribution in [0, 0.1) is 29.4 Å². The lowest BCUT2D eigenvalue weighted by atomic mass is 9.34. The van der Waals surface area contributed by atoms with E-state index in [2.05, 4.69) is 21.9 Å². The van der Waals surface area contributed by atoms with Crippen LogP contribution in [0.4, 0.5) is 14.5 Å². The minimum absolute atomic E-state index is 0.0169. The highest BCUT2D eigenvalue weighted by molar-refractivity contribution is 5.88. The molecule has 4 aliphatic rings. The second-order valence-corrected chi connectivity index (χ2v) is 9.07. The van der Waals surface area contributed by atoms with Crippen LogP contribution < -0.4 is 5.01 Å². The first-order valence-electron chi connectivity index (χ1n) is 10.3. The number of amides is 1. The fraction of sp³-hybridized carbons (Fsp3) is 0.391. The first-order chi connectivity index (χ1) is 14.8. The summed E-state index contributed by atoms with van der Waals surface area (Å²) in [5.74, 6) is -1.36. The molecule has 6 nitrogen and oxygen atoms in total. The molecule has 0 N–H and O–H groups in total. The third-order valence-electron chi connectivity index (χ3n) is 6.85. The van der Waals surface area contributed by atoms with Gasteiger partial charge in [-0.05, 0) is 60.9 Å². The number of aryl methyl sites for hydroxylation is 1. The third kappa shape index (κ3) is 3.12. The van der Waals surface area contributed by atoms with E-state index in [4.69, 9.17) is 0 Å². The summed E-state index contributed by atoms with van der Waals surface area (Å²) in [6, 6.07) is 4.85. The average molecular weight is 423 g/mol. The van der Waals surface area contributed by atoms with Crippen LogP contribution in [0.15, 0.2) is 46.9 Å². The van der Waals surface area contributed by atoms with Crippen molar-refractivity contribution in [2.75, 3.05) is 11.6 Å². The number of hydrogen-bond donors (Lipinski definition) is 0. The molecule has 3 aliphatic carbocycles. The Morgan fingerprint density at radius 3 is 2.65 bits per heavy atom. The van der Waals surface area contributed by atoms with Crippen LogP contribution in [0.1, 0.15) is 42.9 Å². The van der Waals surface area contributed by atoms with Gasteiger partial charge >= 0.3 is 0 Å². The number of pyridine rings is 1. The Bertz CT molecular complexity index is 1060. The van der Waals surface area contributed by atoms with E-state index in [0.717, 1.165) is 36.6 Å². The molecule has 1 aliphatic heterocycles. The number of aromatic nitrogens is 1. The Morgan fingerprint density at radius 2 is 2.00 bits per heavy atom. The van der Waals surface area contributed by atoms with Gasteiger partial charge in [-0.25, -0.2) is 13.8 Å². The van der Waals surface area contributed by atoms with Gasteiger partial charge in [-0.15, -0.1) is 0 Å². The highest BCUT2D eigenvalue weighted by atomic mass is 19.1. The van der Waals surface area contributed by atoms with Crippen molar-refractivity contribution in [1.82, 2.24) is 9.99 Å². The van der Waals surface area contributed by atoms with Gasteiger partial charge in [0.1, 0.15) is 11.6 Å². The Morgan fingerprint density at radius 1 is 1.29 bits per heavy atom. The van der Waals surface area contributed by atoms with E-state index in [9.17, 15) is 13.6 Å². The molecule has 2 heterocycles. The second-order valence-electron chi connectivity index (χ2n) is 9.07. The van der Waals surface area contributed by atoms with Gasteiger partial charge < -0.3 is 0 Å². The van der Waals surface area contributed by atoms with Crippen LogP contribution in [-0.2, 0) is 4.79 Å². The first-order valence-corrected chi connectivity index (χ1v) is 10.3. The minimum Gasteiger partial charge on any atom is -0.272 e. The molecule has 1 unspecified atom stereocenters. The van der Waals surface area contributed by atoms with E-state index in [0.29, 0.717) is 18.5 Å². The SMILES string of the molecule is C=NN(CC12CC(C(=O)N3N=CCC3c3cc(F)cc(F)c3)(C1)C2)c1cnccc1C. The van der Waals surface area contributed by atoms with Gasteiger partial charge in [-0.2, -0.15) is 10.2 Å². The molecular formula is C23H23F2N5O. The van der Waals surface area contributed by atoms with Crippen molar-refractivity contribution in [3.8, 4) is 0 Å². The van der Waals surface area contributed by atoms with E-state index in [1.807, 2.05) is 18.0 Å². The molecule has 6 rings (SSSR count). The van der Waals surface area contributed by atoms with Gasteiger partial charge in [0.2, 0.25) is 5.91 Å². The summed E-state index contributed by atoms with van der Waals surface area (Å²) in [6.07, 6.45) is 7.86. The van der Waals surface area contributed by atoms with Gasteiger partial charge in [0.15, 0.2) is 0 Å². The van der Waals surface area contributed by atoms with Crippen molar-refractivity contribution in [3.05, 3.63) is 59.4 Å². The lowest BCUT2D eigenvalue weighted by Gasteiger charge is -2.70. The molecule has 160 valence electrons. The van der Waals surface area contributed by atoms with E-state index in [1.165, 1.54) is 17.1 Å². The zero-order chi connectivity index (χ0) is 21.8. The highest BCUT2D eigenvalue weighted by Crippen LogP contribution is 2.74. The van der Waals surface area contributed by atoms with Crippen molar-refractivity contribution in [2.24, 2.45) is 21.0 Å². The Hall–Kier alpha value is -3.16. The zero-order valence-corrected chi connectivity index (χ0v) is 17.3. The van der Waals surface area contributed by atoms with Gasteiger partial charge in [-0.3, -0.25) is 14.8 Å². The molecule has 2 aromatic rings. The number of carbonyl (C=O) groups is 1. The Kier molecular flexibility index (Phi) is 4.42. The molecule has 8 heteroatoms. The number of nitrogens with zero attached hydrogens (tertiary/aromatic N) is 5. The smallest absolute Gasteiger partial charge is 0.249 e. The predicted molar refractivity (Wildman–Crippen MR) is 114 cm³/mol. The maximum atomic E-state index is 13.7.